The van der Waals surface area contributed by atoms with Gasteiger partial charge in [0.1, 0.15) is 12.6 Å². The maximum atomic E-state index is 13.0. The molecule has 0 aliphatic heterocycles. The van der Waals surface area contributed by atoms with E-state index in [4.69, 9.17) is 4.74 Å². The normalized spacial score (nSPS) is 13.1. The molecule has 5 heteroatoms. The van der Waals surface area contributed by atoms with Crippen LogP contribution < -0.4 is 0 Å². The summed E-state index contributed by atoms with van der Waals surface area (Å²) in [5, 5.41) is 10.3. The Labute approximate surface area is 300 Å². The number of quaternary nitrogens is 1. The number of rotatable bonds is 37. The lowest BCUT2D eigenvalue weighted by atomic mass is 9.94. The van der Waals surface area contributed by atoms with Crippen molar-refractivity contribution in [2.24, 2.45) is 5.92 Å². The van der Waals surface area contributed by atoms with Gasteiger partial charge in [-0.1, -0.05) is 206 Å². The van der Waals surface area contributed by atoms with Crippen LogP contribution in [-0.4, -0.2) is 55.3 Å². The van der Waals surface area contributed by atoms with Crippen molar-refractivity contribution >= 4 is 11.9 Å². The van der Waals surface area contributed by atoms with Gasteiger partial charge >= 0.3 is 11.9 Å². The van der Waals surface area contributed by atoms with Crippen LogP contribution in [0.4, 0.5) is 0 Å². The highest BCUT2D eigenvalue weighted by molar-refractivity contribution is 5.86. The smallest absolute Gasteiger partial charge is 0.316 e. The van der Waals surface area contributed by atoms with E-state index in [2.05, 4.69) is 13.8 Å². The van der Waals surface area contributed by atoms with E-state index in [1.54, 1.807) is 0 Å². The highest BCUT2D eigenvalue weighted by Gasteiger charge is 2.25. The van der Waals surface area contributed by atoms with Crippen LogP contribution in [-0.2, 0) is 14.3 Å². The van der Waals surface area contributed by atoms with Crippen LogP contribution in [0.3, 0.4) is 0 Å². The van der Waals surface area contributed by atoms with Crippen LogP contribution in [0.2, 0.25) is 0 Å². The molecular formula is C43H86NO4+. The molecule has 0 amide bonds. The number of unbranched alkanes of at least 4 members (excludes halogenated alkanes) is 28. The molecule has 0 aromatic carbocycles. The van der Waals surface area contributed by atoms with Gasteiger partial charge in [0.2, 0.25) is 0 Å². The maximum Gasteiger partial charge on any atom is 0.316 e. The molecule has 0 radical (unpaired) electrons. The molecule has 0 aromatic rings. The standard InChI is InChI=1S/C43H86NO4/c1-6-8-10-12-14-16-18-20-22-23-25-27-29-31-33-35-37-40(43(47)48-42(46)38-41(45)39-44(3,4)5)36-34-32-30-28-26-24-21-19-17-15-13-11-9-7-2/h40-41,45H,6-39H2,1-5H3/q+1. The van der Waals surface area contributed by atoms with Crippen LogP contribution in [0.5, 0.6) is 0 Å². The van der Waals surface area contributed by atoms with E-state index >= 15 is 0 Å². The molecule has 2 unspecified atom stereocenters. The number of aliphatic hydroxyl groups excluding tert-OH is 1. The Kier molecular flexibility index (Phi) is 33.8. The number of ether oxygens (including phenoxy) is 1. The summed E-state index contributed by atoms with van der Waals surface area (Å²) in [4.78, 5) is 25.5. The van der Waals surface area contributed by atoms with Gasteiger partial charge in [0.25, 0.3) is 0 Å². The molecule has 0 bridgehead atoms. The Morgan fingerprint density at radius 1 is 0.479 bits per heavy atom. The SMILES string of the molecule is CCCCCCCCCCCCCCCCCCC(CCCCCCCCCCCCCCCC)C(=O)OC(=O)CC(O)C[N+](C)(C)C. The fourth-order valence-electron chi connectivity index (χ4n) is 7.03. The first-order valence-electron chi connectivity index (χ1n) is 21.4. The van der Waals surface area contributed by atoms with Gasteiger partial charge in [0.15, 0.2) is 0 Å². The zero-order valence-corrected chi connectivity index (χ0v) is 33.3. The average molecular weight is 681 g/mol. The van der Waals surface area contributed by atoms with Crippen molar-refractivity contribution in [2.75, 3.05) is 27.7 Å². The Morgan fingerprint density at radius 2 is 0.750 bits per heavy atom. The third-order valence-electron chi connectivity index (χ3n) is 10.0. The van der Waals surface area contributed by atoms with Crippen LogP contribution >= 0.6 is 0 Å². The monoisotopic (exact) mass is 681 g/mol. The zero-order valence-electron chi connectivity index (χ0n) is 33.3. The predicted molar refractivity (Wildman–Crippen MR) is 207 cm³/mol. The molecule has 2 atom stereocenters. The van der Waals surface area contributed by atoms with Gasteiger partial charge in [0, 0.05) is 0 Å². The zero-order chi connectivity index (χ0) is 35.6. The minimum absolute atomic E-state index is 0.119. The summed E-state index contributed by atoms with van der Waals surface area (Å²) in [5.41, 5.74) is 0. The van der Waals surface area contributed by atoms with E-state index in [0.29, 0.717) is 11.0 Å². The maximum absolute atomic E-state index is 13.0. The third-order valence-corrected chi connectivity index (χ3v) is 10.0. The van der Waals surface area contributed by atoms with Crippen molar-refractivity contribution in [1.82, 2.24) is 0 Å². The molecule has 0 rings (SSSR count). The Hall–Kier alpha value is -0.940. The fraction of sp³-hybridized carbons (Fsp3) is 0.953. The number of carbonyl (C=O) groups excluding carboxylic acids is 2. The molecule has 0 aliphatic rings. The molecule has 5 nitrogen and oxygen atoms in total. The molecule has 0 spiro atoms. The molecule has 0 aromatic heterocycles. The quantitative estimate of drug-likeness (QED) is 0.0307. The largest absolute Gasteiger partial charge is 0.393 e. The first kappa shape index (κ1) is 47.1. The summed E-state index contributed by atoms with van der Waals surface area (Å²) in [7, 11) is 5.93. The molecule has 0 fully saturated rings. The molecule has 48 heavy (non-hydrogen) atoms. The Balaban J connectivity index is 4.21. The van der Waals surface area contributed by atoms with Crippen molar-refractivity contribution in [2.45, 2.75) is 232 Å². The predicted octanol–water partition coefficient (Wildman–Crippen LogP) is 12.7. The van der Waals surface area contributed by atoms with Gasteiger partial charge in [-0.05, 0) is 12.8 Å². The van der Waals surface area contributed by atoms with Gasteiger partial charge in [-0.3, -0.25) is 9.59 Å². The highest BCUT2D eigenvalue weighted by atomic mass is 16.6. The van der Waals surface area contributed by atoms with Crippen LogP contribution in [0.15, 0.2) is 0 Å². The van der Waals surface area contributed by atoms with Crippen molar-refractivity contribution in [3.63, 3.8) is 0 Å². The number of hydrogen-bond acceptors (Lipinski definition) is 4. The third kappa shape index (κ3) is 34.9. The van der Waals surface area contributed by atoms with Crippen molar-refractivity contribution in [3.8, 4) is 0 Å². The van der Waals surface area contributed by atoms with E-state index in [1.165, 1.54) is 167 Å². The first-order chi connectivity index (χ1) is 23.2. The van der Waals surface area contributed by atoms with E-state index in [-0.39, 0.29) is 18.3 Å². The van der Waals surface area contributed by atoms with Crippen molar-refractivity contribution in [1.29, 1.82) is 0 Å². The number of hydrogen-bond donors (Lipinski definition) is 1. The summed E-state index contributed by atoms with van der Waals surface area (Å²) < 4.78 is 5.86. The molecular weight excluding hydrogens is 594 g/mol. The van der Waals surface area contributed by atoms with Gasteiger partial charge in [-0.2, -0.15) is 0 Å². The Morgan fingerprint density at radius 3 is 1.02 bits per heavy atom. The highest BCUT2D eigenvalue weighted by Crippen LogP contribution is 2.22. The van der Waals surface area contributed by atoms with Crippen molar-refractivity contribution < 1.29 is 23.9 Å². The number of carbonyl (C=O) groups is 2. The van der Waals surface area contributed by atoms with E-state index in [1.807, 2.05) is 21.1 Å². The molecule has 1 N–H and O–H groups in total. The lowest BCUT2D eigenvalue weighted by molar-refractivity contribution is -0.873. The second-order valence-electron chi connectivity index (χ2n) is 16.3. The van der Waals surface area contributed by atoms with Gasteiger partial charge in [-0.15, -0.1) is 0 Å². The number of likely N-dealkylation sites (N-methyl/N-ethyl adjacent to an activating group) is 1. The van der Waals surface area contributed by atoms with Gasteiger partial charge < -0.3 is 14.3 Å². The second-order valence-corrected chi connectivity index (χ2v) is 16.3. The summed E-state index contributed by atoms with van der Waals surface area (Å²) in [6, 6.07) is 0. The van der Waals surface area contributed by atoms with Crippen LogP contribution in [0.25, 0.3) is 0 Å². The fourth-order valence-corrected chi connectivity index (χ4v) is 7.03. The van der Waals surface area contributed by atoms with Gasteiger partial charge in [0.05, 0.1) is 33.5 Å². The summed E-state index contributed by atoms with van der Waals surface area (Å²) in [6.07, 6.45) is 40.6. The summed E-state index contributed by atoms with van der Waals surface area (Å²) >= 11 is 0. The van der Waals surface area contributed by atoms with E-state index in [9.17, 15) is 14.7 Å². The minimum Gasteiger partial charge on any atom is -0.393 e. The Bertz CT molecular complexity index is 703. The number of nitrogens with zero attached hydrogens (tertiary/aromatic N) is 1. The van der Waals surface area contributed by atoms with Crippen molar-refractivity contribution in [3.05, 3.63) is 0 Å². The summed E-state index contributed by atoms with van der Waals surface area (Å²) in [5.74, 6) is -1.15. The van der Waals surface area contributed by atoms with E-state index < -0.39 is 12.1 Å². The first-order valence-corrected chi connectivity index (χ1v) is 21.4. The number of aliphatic hydroxyl groups is 1. The lowest BCUT2D eigenvalue weighted by Gasteiger charge is -2.26. The number of esters is 2. The lowest BCUT2D eigenvalue weighted by Crippen LogP contribution is -2.42. The molecule has 0 saturated carbocycles. The topological polar surface area (TPSA) is 63.6 Å². The molecule has 0 saturated heterocycles. The average Bonchev–Trinajstić information content (AvgIpc) is 3.02. The molecule has 286 valence electrons. The molecule has 0 heterocycles. The summed E-state index contributed by atoms with van der Waals surface area (Å²) in [6.45, 7) is 5.01. The van der Waals surface area contributed by atoms with Crippen LogP contribution in [0, 0.1) is 5.92 Å². The van der Waals surface area contributed by atoms with E-state index in [0.717, 1.165) is 38.5 Å². The van der Waals surface area contributed by atoms with Crippen LogP contribution in [0.1, 0.15) is 226 Å². The minimum atomic E-state index is -0.796. The molecule has 0 aliphatic carbocycles. The van der Waals surface area contributed by atoms with Gasteiger partial charge in [-0.25, -0.2) is 0 Å². The second kappa shape index (κ2) is 34.5.